The summed E-state index contributed by atoms with van der Waals surface area (Å²) in [7, 11) is 1.64. The Labute approximate surface area is 115 Å². The van der Waals surface area contributed by atoms with Crippen LogP contribution in [0.25, 0.3) is 5.65 Å². The number of methoxy groups -OCH3 is 1. The molecule has 0 saturated carbocycles. The van der Waals surface area contributed by atoms with Gasteiger partial charge in [0.1, 0.15) is 11.6 Å². The number of rotatable bonds is 3. The number of hydrogen-bond donors (Lipinski definition) is 0. The molecular formula is C14H12ClN3O. The number of pyridine rings is 1. The van der Waals surface area contributed by atoms with Gasteiger partial charge in [-0.1, -0.05) is 23.7 Å². The molecule has 0 aliphatic rings. The van der Waals surface area contributed by atoms with Crippen LogP contribution in [0.15, 0.2) is 42.6 Å². The maximum absolute atomic E-state index is 5.99. The largest absolute Gasteiger partial charge is 0.495 e. The standard InChI is InChI=1S/C14H12ClN3O/c1-19-12-5-6-13-16-17-14(18(13)9-12)8-10-3-2-4-11(15)7-10/h2-7,9H,8H2,1H3. The molecule has 5 heteroatoms. The van der Waals surface area contributed by atoms with Crippen molar-refractivity contribution in [3.05, 3.63) is 59.0 Å². The van der Waals surface area contributed by atoms with E-state index < -0.39 is 0 Å². The minimum Gasteiger partial charge on any atom is -0.495 e. The predicted octanol–water partition coefficient (Wildman–Crippen LogP) is 2.98. The number of benzene rings is 1. The quantitative estimate of drug-likeness (QED) is 0.736. The number of nitrogens with zero attached hydrogens (tertiary/aromatic N) is 3. The normalized spacial score (nSPS) is 10.8. The third-order valence-corrected chi connectivity index (χ3v) is 3.17. The van der Waals surface area contributed by atoms with E-state index in [0.29, 0.717) is 6.42 Å². The molecule has 3 aromatic rings. The lowest BCUT2D eigenvalue weighted by Crippen LogP contribution is -1.97. The van der Waals surface area contributed by atoms with Crippen LogP contribution in [-0.4, -0.2) is 21.7 Å². The third kappa shape index (κ3) is 2.39. The average Bonchev–Trinajstić information content (AvgIpc) is 2.81. The topological polar surface area (TPSA) is 39.4 Å². The molecule has 0 aliphatic heterocycles. The number of hydrogen-bond acceptors (Lipinski definition) is 3. The van der Waals surface area contributed by atoms with E-state index in [0.717, 1.165) is 27.8 Å². The molecule has 4 nitrogen and oxygen atoms in total. The number of halogens is 1. The maximum Gasteiger partial charge on any atom is 0.161 e. The van der Waals surface area contributed by atoms with Gasteiger partial charge in [0, 0.05) is 11.4 Å². The molecule has 19 heavy (non-hydrogen) atoms. The Balaban J connectivity index is 2.00. The minimum absolute atomic E-state index is 0.675. The molecule has 1 aromatic carbocycles. The maximum atomic E-state index is 5.99. The second-order valence-corrected chi connectivity index (χ2v) is 4.66. The molecule has 96 valence electrons. The Bertz CT molecular complexity index is 724. The van der Waals surface area contributed by atoms with Gasteiger partial charge in [-0.05, 0) is 29.8 Å². The van der Waals surface area contributed by atoms with Crippen LogP contribution in [0.3, 0.4) is 0 Å². The highest BCUT2D eigenvalue weighted by Crippen LogP contribution is 2.17. The lowest BCUT2D eigenvalue weighted by atomic mass is 10.1. The van der Waals surface area contributed by atoms with E-state index >= 15 is 0 Å². The van der Waals surface area contributed by atoms with Crippen LogP contribution < -0.4 is 4.74 Å². The molecule has 0 bridgehead atoms. The van der Waals surface area contributed by atoms with E-state index in [9.17, 15) is 0 Å². The molecule has 0 radical (unpaired) electrons. The van der Waals surface area contributed by atoms with Crippen LogP contribution in [0.2, 0.25) is 5.02 Å². The number of aromatic nitrogens is 3. The van der Waals surface area contributed by atoms with E-state index in [1.54, 1.807) is 7.11 Å². The molecule has 0 fully saturated rings. The molecule has 3 rings (SSSR count). The molecule has 2 aromatic heterocycles. The van der Waals surface area contributed by atoms with Gasteiger partial charge in [-0.15, -0.1) is 10.2 Å². The van der Waals surface area contributed by atoms with Crippen LogP contribution in [0.1, 0.15) is 11.4 Å². The molecule has 0 unspecified atom stereocenters. The molecule has 0 spiro atoms. The summed E-state index contributed by atoms with van der Waals surface area (Å²) in [6.45, 7) is 0. The van der Waals surface area contributed by atoms with E-state index in [-0.39, 0.29) is 0 Å². The van der Waals surface area contributed by atoms with E-state index in [4.69, 9.17) is 16.3 Å². The van der Waals surface area contributed by atoms with Gasteiger partial charge in [-0.2, -0.15) is 0 Å². The van der Waals surface area contributed by atoms with Crippen LogP contribution in [-0.2, 0) is 6.42 Å². The van der Waals surface area contributed by atoms with Crippen molar-refractivity contribution in [3.63, 3.8) is 0 Å². The zero-order valence-electron chi connectivity index (χ0n) is 10.4. The van der Waals surface area contributed by atoms with Crippen molar-refractivity contribution in [1.29, 1.82) is 0 Å². The first-order valence-electron chi connectivity index (χ1n) is 5.88. The number of ether oxygens (including phenoxy) is 1. The summed E-state index contributed by atoms with van der Waals surface area (Å²) < 4.78 is 7.15. The summed E-state index contributed by atoms with van der Waals surface area (Å²) in [6, 6.07) is 11.5. The first kappa shape index (κ1) is 12.0. The average molecular weight is 274 g/mol. The summed E-state index contributed by atoms with van der Waals surface area (Å²) in [5.41, 5.74) is 1.91. The van der Waals surface area contributed by atoms with Crippen molar-refractivity contribution in [2.75, 3.05) is 7.11 Å². The first-order valence-corrected chi connectivity index (χ1v) is 6.26. The van der Waals surface area contributed by atoms with Gasteiger partial charge in [-0.25, -0.2) is 0 Å². The Morgan fingerprint density at radius 3 is 2.89 bits per heavy atom. The molecule has 0 N–H and O–H groups in total. The summed E-state index contributed by atoms with van der Waals surface area (Å²) in [4.78, 5) is 0. The van der Waals surface area contributed by atoms with Crippen molar-refractivity contribution in [2.45, 2.75) is 6.42 Å². The van der Waals surface area contributed by atoms with E-state index in [2.05, 4.69) is 10.2 Å². The molecular weight excluding hydrogens is 262 g/mol. The highest BCUT2D eigenvalue weighted by molar-refractivity contribution is 6.30. The van der Waals surface area contributed by atoms with Gasteiger partial charge in [0.25, 0.3) is 0 Å². The first-order chi connectivity index (χ1) is 9.26. The smallest absolute Gasteiger partial charge is 0.161 e. The monoisotopic (exact) mass is 273 g/mol. The Morgan fingerprint density at radius 2 is 2.11 bits per heavy atom. The van der Waals surface area contributed by atoms with Gasteiger partial charge in [0.15, 0.2) is 5.65 Å². The zero-order chi connectivity index (χ0) is 13.2. The highest BCUT2D eigenvalue weighted by Gasteiger charge is 2.07. The van der Waals surface area contributed by atoms with Crippen molar-refractivity contribution >= 4 is 17.2 Å². The van der Waals surface area contributed by atoms with Crippen LogP contribution in [0.4, 0.5) is 0 Å². The minimum atomic E-state index is 0.675. The van der Waals surface area contributed by atoms with E-state index in [1.807, 2.05) is 47.0 Å². The Kier molecular flexibility index (Phi) is 3.09. The lowest BCUT2D eigenvalue weighted by Gasteiger charge is -2.03. The third-order valence-electron chi connectivity index (χ3n) is 2.93. The molecule has 0 atom stereocenters. The van der Waals surface area contributed by atoms with Crippen LogP contribution in [0, 0.1) is 0 Å². The molecule has 2 heterocycles. The highest BCUT2D eigenvalue weighted by atomic mass is 35.5. The fraction of sp³-hybridized carbons (Fsp3) is 0.143. The summed E-state index contributed by atoms with van der Waals surface area (Å²) in [5.74, 6) is 1.64. The lowest BCUT2D eigenvalue weighted by molar-refractivity contribution is 0.412. The van der Waals surface area contributed by atoms with Gasteiger partial charge in [0.05, 0.1) is 13.3 Å². The van der Waals surface area contributed by atoms with Crippen molar-refractivity contribution in [1.82, 2.24) is 14.6 Å². The molecule has 0 saturated heterocycles. The van der Waals surface area contributed by atoms with Gasteiger partial charge in [-0.3, -0.25) is 4.40 Å². The molecule has 0 amide bonds. The van der Waals surface area contributed by atoms with Crippen molar-refractivity contribution in [2.24, 2.45) is 0 Å². The Hall–Kier alpha value is -2.07. The second-order valence-electron chi connectivity index (χ2n) is 4.22. The van der Waals surface area contributed by atoms with Gasteiger partial charge >= 0.3 is 0 Å². The summed E-state index contributed by atoms with van der Waals surface area (Å²) in [6.07, 6.45) is 2.56. The van der Waals surface area contributed by atoms with Gasteiger partial charge < -0.3 is 4.74 Å². The Morgan fingerprint density at radius 1 is 1.21 bits per heavy atom. The van der Waals surface area contributed by atoms with Crippen LogP contribution in [0.5, 0.6) is 5.75 Å². The molecule has 0 aliphatic carbocycles. The fourth-order valence-corrected chi connectivity index (χ4v) is 2.20. The van der Waals surface area contributed by atoms with Crippen molar-refractivity contribution in [3.8, 4) is 5.75 Å². The number of fused-ring (bicyclic) bond motifs is 1. The predicted molar refractivity (Wildman–Crippen MR) is 73.8 cm³/mol. The van der Waals surface area contributed by atoms with E-state index in [1.165, 1.54) is 0 Å². The van der Waals surface area contributed by atoms with Gasteiger partial charge in [0.2, 0.25) is 0 Å². The zero-order valence-corrected chi connectivity index (χ0v) is 11.1. The van der Waals surface area contributed by atoms with Crippen LogP contribution >= 0.6 is 11.6 Å². The second kappa shape index (κ2) is 4.90. The van der Waals surface area contributed by atoms with Crippen molar-refractivity contribution < 1.29 is 4.74 Å². The fourth-order valence-electron chi connectivity index (χ4n) is 1.99. The summed E-state index contributed by atoms with van der Waals surface area (Å²) >= 11 is 5.99. The SMILES string of the molecule is COc1ccc2nnc(Cc3cccc(Cl)c3)n2c1. The summed E-state index contributed by atoms with van der Waals surface area (Å²) in [5, 5.41) is 9.07.